The van der Waals surface area contributed by atoms with Crippen LogP contribution >= 0.6 is 11.3 Å². The Labute approximate surface area is 100 Å². The van der Waals surface area contributed by atoms with Crippen LogP contribution in [0.4, 0.5) is 0 Å². The highest BCUT2D eigenvalue weighted by Crippen LogP contribution is 2.28. The van der Waals surface area contributed by atoms with Crippen molar-refractivity contribution in [2.75, 3.05) is 0 Å². The minimum Gasteiger partial charge on any atom is -0.254 e. The van der Waals surface area contributed by atoms with Gasteiger partial charge in [-0.2, -0.15) is 0 Å². The second-order valence-electron chi connectivity index (χ2n) is 5.01. The summed E-state index contributed by atoms with van der Waals surface area (Å²) in [7, 11) is 0. The van der Waals surface area contributed by atoms with E-state index >= 15 is 0 Å². The van der Waals surface area contributed by atoms with Gasteiger partial charge in [0.2, 0.25) is 0 Å². The Balaban J connectivity index is 2.39. The SMILES string of the molecule is Cc1ccnc(-c2nc(C(C)(C)C)cs2)c1. The minimum absolute atomic E-state index is 0.110. The number of pyridine rings is 1. The second kappa shape index (κ2) is 3.98. The molecule has 2 aromatic heterocycles. The first-order valence-electron chi connectivity index (χ1n) is 5.36. The van der Waals surface area contributed by atoms with Crippen LogP contribution in [0.1, 0.15) is 32.0 Å². The Kier molecular flexibility index (Phi) is 2.80. The summed E-state index contributed by atoms with van der Waals surface area (Å²) in [5, 5.41) is 3.13. The van der Waals surface area contributed by atoms with Crippen molar-refractivity contribution in [3.8, 4) is 10.7 Å². The molecule has 0 saturated heterocycles. The molecule has 2 heterocycles. The lowest BCUT2D eigenvalue weighted by atomic mass is 9.93. The first-order valence-corrected chi connectivity index (χ1v) is 6.24. The largest absolute Gasteiger partial charge is 0.254 e. The predicted octanol–water partition coefficient (Wildman–Crippen LogP) is 3.81. The number of thiazole rings is 1. The molecular formula is C13H16N2S. The Bertz CT molecular complexity index is 495. The van der Waals surface area contributed by atoms with Crippen molar-refractivity contribution in [3.63, 3.8) is 0 Å². The first-order chi connectivity index (χ1) is 7.47. The van der Waals surface area contributed by atoms with E-state index in [1.54, 1.807) is 11.3 Å². The third-order valence-electron chi connectivity index (χ3n) is 2.41. The van der Waals surface area contributed by atoms with Crippen molar-refractivity contribution in [2.24, 2.45) is 0 Å². The lowest BCUT2D eigenvalue weighted by Gasteiger charge is -2.14. The summed E-state index contributed by atoms with van der Waals surface area (Å²) in [6.07, 6.45) is 1.84. The molecule has 2 nitrogen and oxygen atoms in total. The van der Waals surface area contributed by atoms with Gasteiger partial charge in [-0.3, -0.25) is 4.98 Å². The predicted molar refractivity (Wildman–Crippen MR) is 68.8 cm³/mol. The summed E-state index contributed by atoms with van der Waals surface area (Å²) in [5.41, 5.74) is 3.44. The number of aromatic nitrogens is 2. The van der Waals surface area contributed by atoms with Crippen molar-refractivity contribution < 1.29 is 0 Å². The molecule has 0 amide bonds. The zero-order valence-corrected chi connectivity index (χ0v) is 10.9. The van der Waals surface area contributed by atoms with Crippen LogP contribution in [0, 0.1) is 6.92 Å². The molecular weight excluding hydrogens is 216 g/mol. The van der Waals surface area contributed by atoms with Gasteiger partial charge in [-0.1, -0.05) is 20.8 Å². The fraction of sp³-hybridized carbons (Fsp3) is 0.385. The lowest BCUT2D eigenvalue weighted by molar-refractivity contribution is 0.573. The van der Waals surface area contributed by atoms with E-state index in [1.807, 2.05) is 12.3 Å². The summed E-state index contributed by atoms with van der Waals surface area (Å²) in [5.74, 6) is 0. The third kappa shape index (κ3) is 2.30. The summed E-state index contributed by atoms with van der Waals surface area (Å²) in [6, 6.07) is 4.08. The number of rotatable bonds is 1. The molecule has 2 aromatic rings. The van der Waals surface area contributed by atoms with Crippen LogP contribution < -0.4 is 0 Å². The fourth-order valence-corrected chi connectivity index (χ4v) is 2.40. The van der Waals surface area contributed by atoms with Gasteiger partial charge in [-0.25, -0.2) is 4.98 Å². The number of aryl methyl sites for hydroxylation is 1. The Morgan fingerprint density at radius 2 is 2.00 bits per heavy atom. The number of hydrogen-bond donors (Lipinski definition) is 0. The van der Waals surface area contributed by atoms with E-state index in [4.69, 9.17) is 0 Å². The summed E-state index contributed by atoms with van der Waals surface area (Å²) < 4.78 is 0. The van der Waals surface area contributed by atoms with Crippen LogP contribution in [-0.2, 0) is 5.41 Å². The van der Waals surface area contributed by atoms with Crippen molar-refractivity contribution >= 4 is 11.3 Å². The highest BCUT2D eigenvalue weighted by atomic mass is 32.1. The monoisotopic (exact) mass is 232 g/mol. The van der Waals surface area contributed by atoms with E-state index in [0.717, 1.165) is 16.4 Å². The Hall–Kier alpha value is -1.22. The molecule has 0 aliphatic carbocycles. The molecule has 2 rings (SSSR count). The van der Waals surface area contributed by atoms with Gasteiger partial charge in [0.25, 0.3) is 0 Å². The van der Waals surface area contributed by atoms with Gasteiger partial charge in [0, 0.05) is 17.0 Å². The molecule has 0 N–H and O–H groups in total. The molecule has 0 spiro atoms. The average Bonchev–Trinajstić information content (AvgIpc) is 2.65. The van der Waals surface area contributed by atoms with Gasteiger partial charge >= 0.3 is 0 Å². The minimum atomic E-state index is 0.110. The van der Waals surface area contributed by atoms with E-state index < -0.39 is 0 Å². The number of hydrogen-bond acceptors (Lipinski definition) is 3. The van der Waals surface area contributed by atoms with Gasteiger partial charge in [0.1, 0.15) is 5.01 Å². The fourth-order valence-electron chi connectivity index (χ4n) is 1.39. The molecule has 0 fully saturated rings. The van der Waals surface area contributed by atoms with Crippen molar-refractivity contribution in [1.29, 1.82) is 0 Å². The van der Waals surface area contributed by atoms with E-state index in [1.165, 1.54) is 5.56 Å². The maximum absolute atomic E-state index is 4.65. The van der Waals surface area contributed by atoms with Gasteiger partial charge in [-0.05, 0) is 24.6 Å². The van der Waals surface area contributed by atoms with Gasteiger partial charge in [0.05, 0.1) is 11.4 Å². The molecule has 16 heavy (non-hydrogen) atoms. The topological polar surface area (TPSA) is 25.8 Å². The molecule has 0 radical (unpaired) electrons. The normalized spacial score (nSPS) is 11.8. The zero-order chi connectivity index (χ0) is 11.8. The van der Waals surface area contributed by atoms with Crippen molar-refractivity contribution in [2.45, 2.75) is 33.1 Å². The van der Waals surface area contributed by atoms with E-state index in [0.29, 0.717) is 0 Å². The third-order valence-corrected chi connectivity index (χ3v) is 3.27. The van der Waals surface area contributed by atoms with E-state index in [9.17, 15) is 0 Å². The van der Waals surface area contributed by atoms with Gasteiger partial charge in [0.15, 0.2) is 0 Å². The lowest BCUT2D eigenvalue weighted by Crippen LogP contribution is -2.11. The molecule has 84 valence electrons. The molecule has 0 aliphatic heterocycles. The van der Waals surface area contributed by atoms with Gasteiger partial charge < -0.3 is 0 Å². The summed E-state index contributed by atoms with van der Waals surface area (Å²) in [6.45, 7) is 8.60. The van der Waals surface area contributed by atoms with Crippen molar-refractivity contribution in [1.82, 2.24) is 9.97 Å². The highest BCUT2D eigenvalue weighted by Gasteiger charge is 2.18. The average molecular weight is 232 g/mol. The van der Waals surface area contributed by atoms with E-state index in [2.05, 4.69) is 49.1 Å². The maximum Gasteiger partial charge on any atom is 0.142 e. The highest BCUT2D eigenvalue weighted by molar-refractivity contribution is 7.13. The molecule has 0 bridgehead atoms. The van der Waals surface area contributed by atoms with Crippen LogP contribution in [0.25, 0.3) is 10.7 Å². The Morgan fingerprint density at radius 1 is 1.25 bits per heavy atom. The second-order valence-corrected chi connectivity index (χ2v) is 5.86. The smallest absolute Gasteiger partial charge is 0.142 e. The van der Waals surface area contributed by atoms with Crippen LogP contribution in [0.2, 0.25) is 0 Å². The molecule has 0 atom stereocenters. The van der Waals surface area contributed by atoms with Gasteiger partial charge in [-0.15, -0.1) is 11.3 Å². The van der Waals surface area contributed by atoms with Crippen LogP contribution in [-0.4, -0.2) is 9.97 Å². The maximum atomic E-state index is 4.65. The van der Waals surface area contributed by atoms with Crippen LogP contribution in [0.15, 0.2) is 23.7 Å². The summed E-state index contributed by atoms with van der Waals surface area (Å²) in [4.78, 5) is 9.00. The van der Waals surface area contributed by atoms with E-state index in [-0.39, 0.29) is 5.41 Å². The van der Waals surface area contributed by atoms with Crippen LogP contribution in [0.5, 0.6) is 0 Å². The number of nitrogens with zero attached hydrogens (tertiary/aromatic N) is 2. The zero-order valence-electron chi connectivity index (χ0n) is 10.1. The van der Waals surface area contributed by atoms with Crippen molar-refractivity contribution in [3.05, 3.63) is 35.0 Å². The molecule has 0 aromatic carbocycles. The Morgan fingerprint density at radius 3 is 2.56 bits per heavy atom. The first kappa shape index (κ1) is 11.3. The summed E-state index contributed by atoms with van der Waals surface area (Å²) >= 11 is 1.66. The van der Waals surface area contributed by atoms with Crippen LogP contribution in [0.3, 0.4) is 0 Å². The molecule has 0 saturated carbocycles. The molecule has 0 aliphatic rings. The molecule has 0 unspecified atom stereocenters. The molecule has 3 heteroatoms. The standard InChI is InChI=1S/C13H16N2S/c1-9-5-6-14-10(7-9)12-15-11(8-16-12)13(2,3)4/h5-8H,1-4H3. The quantitative estimate of drug-likeness (QED) is 0.747.